The zero-order valence-electron chi connectivity index (χ0n) is 15.2. The first-order chi connectivity index (χ1) is 12.6. The van der Waals surface area contributed by atoms with Crippen LogP contribution in [0.3, 0.4) is 0 Å². The summed E-state index contributed by atoms with van der Waals surface area (Å²) >= 11 is 0. The maximum absolute atomic E-state index is 11.7. The van der Waals surface area contributed by atoms with Crippen molar-refractivity contribution in [2.75, 3.05) is 14.2 Å². The fourth-order valence-electron chi connectivity index (χ4n) is 3.34. The molecule has 0 aliphatic rings. The third kappa shape index (κ3) is 3.41. The summed E-state index contributed by atoms with van der Waals surface area (Å²) in [4.78, 5) is 4.51. The van der Waals surface area contributed by atoms with Gasteiger partial charge in [0.1, 0.15) is 17.1 Å². The van der Waals surface area contributed by atoms with Gasteiger partial charge in [-0.1, -0.05) is 36.4 Å². The molecule has 26 heavy (non-hydrogen) atoms. The molecule has 0 bridgehead atoms. The number of methoxy groups -OCH3 is 2. The Balaban J connectivity index is 2.20. The largest absolute Gasteiger partial charge is 0.497 e. The Labute approximate surface area is 154 Å². The predicted molar refractivity (Wildman–Crippen MR) is 102 cm³/mol. The van der Waals surface area contributed by atoms with Gasteiger partial charge >= 0.3 is 0 Å². The Morgan fingerprint density at radius 3 is 2.27 bits per heavy atom. The van der Waals surface area contributed by atoms with Crippen molar-refractivity contribution in [3.63, 3.8) is 0 Å². The van der Waals surface area contributed by atoms with Gasteiger partial charge in [0, 0.05) is 11.8 Å². The lowest BCUT2D eigenvalue weighted by molar-refractivity contribution is 0.0354. The number of aromatic nitrogens is 1. The van der Waals surface area contributed by atoms with Crippen LogP contribution in [-0.4, -0.2) is 24.3 Å². The number of benzene rings is 2. The van der Waals surface area contributed by atoms with Crippen LogP contribution in [0.25, 0.3) is 0 Å². The van der Waals surface area contributed by atoms with Gasteiger partial charge in [0.25, 0.3) is 0 Å². The lowest BCUT2D eigenvalue weighted by Gasteiger charge is -2.34. The molecule has 4 heteroatoms. The van der Waals surface area contributed by atoms with Crippen LogP contribution >= 0.6 is 0 Å². The van der Waals surface area contributed by atoms with E-state index >= 15 is 0 Å². The van der Waals surface area contributed by atoms with E-state index < -0.39 is 5.60 Å². The third-order valence-electron chi connectivity index (χ3n) is 4.63. The topological polar surface area (TPSA) is 51.6 Å². The van der Waals surface area contributed by atoms with Gasteiger partial charge in [-0.2, -0.15) is 0 Å². The van der Waals surface area contributed by atoms with E-state index in [9.17, 15) is 5.11 Å². The summed E-state index contributed by atoms with van der Waals surface area (Å²) in [6.07, 6.45) is 1.74. The minimum atomic E-state index is -1.27. The van der Waals surface area contributed by atoms with Gasteiger partial charge in [-0.05, 0) is 42.8 Å². The molecule has 0 spiro atoms. The molecule has 0 saturated carbocycles. The number of hydrogen-bond donors (Lipinski definition) is 1. The highest BCUT2D eigenvalue weighted by molar-refractivity contribution is 5.47. The van der Waals surface area contributed by atoms with E-state index in [0.717, 1.165) is 11.3 Å². The molecule has 0 unspecified atom stereocenters. The van der Waals surface area contributed by atoms with Crippen molar-refractivity contribution in [3.05, 3.63) is 89.7 Å². The van der Waals surface area contributed by atoms with E-state index in [1.54, 1.807) is 27.3 Å². The molecular formula is C22H23NO3. The molecular weight excluding hydrogens is 326 g/mol. The van der Waals surface area contributed by atoms with Gasteiger partial charge in [-0.3, -0.25) is 4.98 Å². The first kappa shape index (κ1) is 18.0. The molecule has 134 valence electrons. The average Bonchev–Trinajstić information content (AvgIpc) is 2.69. The van der Waals surface area contributed by atoms with Crippen LogP contribution in [0.15, 0.2) is 72.9 Å². The van der Waals surface area contributed by atoms with Crippen molar-refractivity contribution in [2.24, 2.45) is 0 Å². The average molecular weight is 349 g/mol. The SMILES string of the molecule is COc1ccc(OC)c([C@@](C)(O)[C@H](c2ccccc2)c2ccccn2)c1. The molecule has 0 saturated heterocycles. The number of nitrogens with zero attached hydrogens (tertiary/aromatic N) is 1. The molecule has 4 nitrogen and oxygen atoms in total. The number of rotatable bonds is 6. The van der Waals surface area contributed by atoms with E-state index in [4.69, 9.17) is 9.47 Å². The summed E-state index contributed by atoms with van der Waals surface area (Å²) in [5.74, 6) is 0.896. The van der Waals surface area contributed by atoms with Gasteiger partial charge < -0.3 is 14.6 Å². The summed E-state index contributed by atoms with van der Waals surface area (Å²) in [6, 6.07) is 21.1. The number of hydrogen-bond acceptors (Lipinski definition) is 4. The lowest BCUT2D eigenvalue weighted by atomic mass is 9.76. The second kappa shape index (κ2) is 7.58. The second-order valence-electron chi connectivity index (χ2n) is 6.31. The fourth-order valence-corrected chi connectivity index (χ4v) is 3.34. The Hall–Kier alpha value is -2.85. The van der Waals surface area contributed by atoms with E-state index in [1.165, 1.54) is 0 Å². The molecule has 0 fully saturated rings. The van der Waals surface area contributed by atoms with Crippen molar-refractivity contribution in [1.29, 1.82) is 0 Å². The molecule has 1 N–H and O–H groups in total. The maximum Gasteiger partial charge on any atom is 0.125 e. The van der Waals surface area contributed by atoms with Crippen molar-refractivity contribution < 1.29 is 14.6 Å². The number of aliphatic hydroxyl groups is 1. The molecule has 3 rings (SSSR count). The molecule has 2 aromatic carbocycles. The Morgan fingerprint density at radius 1 is 0.923 bits per heavy atom. The lowest BCUT2D eigenvalue weighted by Crippen LogP contribution is -2.32. The van der Waals surface area contributed by atoms with Crippen LogP contribution in [0.2, 0.25) is 0 Å². The van der Waals surface area contributed by atoms with E-state index in [2.05, 4.69) is 4.98 Å². The summed E-state index contributed by atoms with van der Waals surface area (Å²) in [6.45, 7) is 1.79. The van der Waals surface area contributed by atoms with Crippen molar-refractivity contribution in [1.82, 2.24) is 4.98 Å². The fraction of sp³-hybridized carbons (Fsp3) is 0.227. The molecule has 3 aromatic rings. The minimum absolute atomic E-state index is 0.370. The van der Waals surface area contributed by atoms with Gasteiger partial charge in [0.2, 0.25) is 0 Å². The van der Waals surface area contributed by atoms with Gasteiger partial charge in [-0.25, -0.2) is 0 Å². The summed E-state index contributed by atoms with van der Waals surface area (Å²) < 4.78 is 10.9. The highest BCUT2D eigenvalue weighted by Crippen LogP contribution is 2.45. The smallest absolute Gasteiger partial charge is 0.125 e. The molecule has 0 amide bonds. The first-order valence-electron chi connectivity index (χ1n) is 8.48. The van der Waals surface area contributed by atoms with Gasteiger partial charge in [0.05, 0.1) is 25.8 Å². The zero-order chi connectivity index (χ0) is 18.6. The highest BCUT2D eigenvalue weighted by Gasteiger charge is 2.39. The zero-order valence-corrected chi connectivity index (χ0v) is 15.2. The molecule has 1 heterocycles. The molecule has 1 aromatic heterocycles. The first-order valence-corrected chi connectivity index (χ1v) is 8.48. The third-order valence-corrected chi connectivity index (χ3v) is 4.63. The van der Waals surface area contributed by atoms with Crippen molar-refractivity contribution in [3.8, 4) is 11.5 Å². The number of ether oxygens (including phenoxy) is 2. The summed E-state index contributed by atoms with van der Waals surface area (Å²) in [5, 5.41) is 11.7. The van der Waals surface area contributed by atoms with Crippen LogP contribution in [0, 0.1) is 0 Å². The van der Waals surface area contributed by atoms with Crippen LogP contribution in [-0.2, 0) is 5.60 Å². The second-order valence-corrected chi connectivity index (χ2v) is 6.31. The van der Waals surface area contributed by atoms with Gasteiger partial charge in [0.15, 0.2) is 0 Å². The van der Waals surface area contributed by atoms with E-state index in [-0.39, 0.29) is 5.92 Å². The van der Waals surface area contributed by atoms with Crippen molar-refractivity contribution in [2.45, 2.75) is 18.4 Å². The van der Waals surface area contributed by atoms with Crippen LogP contribution in [0.4, 0.5) is 0 Å². The minimum Gasteiger partial charge on any atom is -0.497 e. The number of pyridine rings is 1. The maximum atomic E-state index is 11.7. The summed E-state index contributed by atoms with van der Waals surface area (Å²) in [5.41, 5.74) is 1.14. The highest BCUT2D eigenvalue weighted by atomic mass is 16.5. The van der Waals surface area contributed by atoms with E-state index in [1.807, 2.05) is 66.7 Å². The Morgan fingerprint density at radius 2 is 1.65 bits per heavy atom. The van der Waals surface area contributed by atoms with Crippen LogP contribution < -0.4 is 9.47 Å². The summed E-state index contributed by atoms with van der Waals surface area (Å²) in [7, 11) is 3.20. The standard InChI is InChI=1S/C22H23NO3/c1-22(24,18-15-17(25-2)12-13-20(18)26-3)21(16-9-5-4-6-10-16)19-11-7-8-14-23-19/h4-15,21,24H,1-3H3/t21-,22-/m1/s1. The van der Waals surface area contributed by atoms with Crippen LogP contribution in [0.1, 0.15) is 29.7 Å². The van der Waals surface area contributed by atoms with E-state index in [0.29, 0.717) is 17.1 Å². The normalized spacial score (nSPS) is 14.3. The van der Waals surface area contributed by atoms with Crippen molar-refractivity contribution >= 4 is 0 Å². The molecule has 2 atom stereocenters. The molecule has 0 aliphatic carbocycles. The quantitative estimate of drug-likeness (QED) is 0.727. The Kier molecular flexibility index (Phi) is 5.24. The molecule has 0 radical (unpaired) electrons. The monoisotopic (exact) mass is 349 g/mol. The predicted octanol–water partition coefficient (Wildman–Crippen LogP) is 4.14. The molecule has 0 aliphatic heterocycles. The Bertz CT molecular complexity index is 808. The van der Waals surface area contributed by atoms with Gasteiger partial charge in [-0.15, -0.1) is 0 Å². The van der Waals surface area contributed by atoms with Crippen LogP contribution in [0.5, 0.6) is 11.5 Å².